The molecule has 0 radical (unpaired) electrons. The predicted octanol–water partition coefficient (Wildman–Crippen LogP) is 3.64. The molecule has 1 amide bonds. The number of H-pyrrole nitrogens is 1. The molecule has 2 N–H and O–H groups in total. The van der Waals surface area contributed by atoms with Crippen molar-refractivity contribution in [3.05, 3.63) is 54.1 Å². The van der Waals surface area contributed by atoms with Gasteiger partial charge in [-0.3, -0.25) is 9.20 Å². The molecule has 7 heteroatoms. The van der Waals surface area contributed by atoms with E-state index in [-0.39, 0.29) is 11.2 Å². The van der Waals surface area contributed by atoms with Gasteiger partial charge in [0.25, 0.3) is 0 Å². The zero-order chi connectivity index (χ0) is 17.4. The number of imidazole rings is 1. The van der Waals surface area contributed by atoms with E-state index in [1.807, 2.05) is 66.8 Å². The first-order chi connectivity index (χ1) is 12.1. The van der Waals surface area contributed by atoms with Gasteiger partial charge in [0.15, 0.2) is 5.16 Å². The molecular formula is C18H17N5OS. The summed E-state index contributed by atoms with van der Waals surface area (Å²) in [6, 6.07) is 15.6. The Balaban J connectivity index is 1.58. The van der Waals surface area contributed by atoms with E-state index in [9.17, 15) is 4.79 Å². The molecule has 126 valence electrons. The van der Waals surface area contributed by atoms with Gasteiger partial charge in [-0.05, 0) is 37.6 Å². The van der Waals surface area contributed by atoms with Crippen LogP contribution < -0.4 is 5.32 Å². The van der Waals surface area contributed by atoms with Crippen molar-refractivity contribution in [1.29, 1.82) is 0 Å². The molecule has 4 rings (SSSR count). The number of aromatic amines is 1. The molecule has 0 unspecified atom stereocenters. The molecule has 0 bridgehead atoms. The van der Waals surface area contributed by atoms with Crippen LogP contribution in [0.4, 0.5) is 5.69 Å². The minimum absolute atomic E-state index is 0.0557. The van der Waals surface area contributed by atoms with Crippen molar-refractivity contribution < 1.29 is 4.79 Å². The molecule has 0 saturated carbocycles. The summed E-state index contributed by atoms with van der Waals surface area (Å²) < 4.78 is 1.94. The Bertz CT molecular complexity index is 1070. The normalized spacial score (nSPS) is 12.6. The van der Waals surface area contributed by atoms with Crippen molar-refractivity contribution in [2.75, 3.05) is 5.32 Å². The highest BCUT2D eigenvalue weighted by molar-refractivity contribution is 8.00. The standard InChI is InChI=1S/C18H17N5OS/c1-11-7-3-4-8-13(11)19-16(24)12(2)25-18-22-21-17-20-14-9-5-6-10-15(14)23(17)18/h3-10,12H,1-2H3,(H,19,24)(H,20,21)/t12-/m1/s1. The Morgan fingerprint density at radius 2 is 1.96 bits per heavy atom. The molecule has 1 atom stereocenters. The van der Waals surface area contributed by atoms with E-state index in [1.165, 1.54) is 11.8 Å². The van der Waals surface area contributed by atoms with E-state index in [0.717, 1.165) is 27.4 Å². The lowest BCUT2D eigenvalue weighted by Crippen LogP contribution is -2.23. The molecule has 2 heterocycles. The van der Waals surface area contributed by atoms with Crippen LogP contribution in [0.15, 0.2) is 53.7 Å². The molecule has 0 spiro atoms. The fourth-order valence-corrected chi connectivity index (χ4v) is 3.55. The summed E-state index contributed by atoms with van der Waals surface area (Å²) in [7, 11) is 0. The number of nitrogens with one attached hydrogen (secondary N) is 2. The second-order valence-electron chi connectivity index (χ2n) is 5.83. The van der Waals surface area contributed by atoms with E-state index in [1.54, 1.807) is 0 Å². The van der Waals surface area contributed by atoms with Crippen molar-refractivity contribution >= 4 is 40.2 Å². The van der Waals surface area contributed by atoms with Crippen LogP contribution in [0, 0.1) is 6.92 Å². The third-order valence-corrected chi connectivity index (χ3v) is 5.11. The third kappa shape index (κ3) is 2.87. The molecular weight excluding hydrogens is 334 g/mol. The lowest BCUT2D eigenvalue weighted by atomic mass is 10.2. The molecule has 0 aliphatic rings. The SMILES string of the molecule is Cc1ccccc1NC(=O)[C@@H](C)Sc1n[nH]c2nc3ccccc3n12. The Morgan fingerprint density at radius 3 is 2.80 bits per heavy atom. The topological polar surface area (TPSA) is 75.1 Å². The number of hydrogen-bond acceptors (Lipinski definition) is 4. The van der Waals surface area contributed by atoms with Crippen LogP contribution in [0.2, 0.25) is 0 Å². The number of rotatable bonds is 4. The van der Waals surface area contributed by atoms with Gasteiger partial charge in [0.05, 0.1) is 16.3 Å². The average Bonchev–Trinajstić information content (AvgIpc) is 3.16. The smallest absolute Gasteiger partial charge is 0.237 e. The zero-order valence-corrected chi connectivity index (χ0v) is 14.7. The van der Waals surface area contributed by atoms with Crippen molar-refractivity contribution in [2.24, 2.45) is 0 Å². The maximum atomic E-state index is 12.5. The fraction of sp³-hybridized carbons (Fsp3) is 0.167. The van der Waals surface area contributed by atoms with Crippen LogP contribution in [0.5, 0.6) is 0 Å². The lowest BCUT2D eigenvalue weighted by Gasteiger charge is -2.12. The van der Waals surface area contributed by atoms with Crippen LogP contribution in [0.3, 0.4) is 0 Å². The number of carbonyl (C=O) groups excluding carboxylic acids is 1. The molecule has 0 aliphatic carbocycles. The highest BCUT2D eigenvalue weighted by atomic mass is 32.2. The van der Waals surface area contributed by atoms with E-state index < -0.39 is 0 Å². The molecule has 2 aromatic carbocycles. The van der Waals surface area contributed by atoms with Crippen LogP contribution in [-0.2, 0) is 4.79 Å². The van der Waals surface area contributed by atoms with E-state index in [2.05, 4.69) is 20.5 Å². The largest absolute Gasteiger partial charge is 0.325 e. The monoisotopic (exact) mass is 351 g/mol. The minimum Gasteiger partial charge on any atom is -0.325 e. The Hall–Kier alpha value is -2.80. The number of anilines is 1. The maximum absolute atomic E-state index is 12.5. The van der Waals surface area contributed by atoms with Gasteiger partial charge in [0.1, 0.15) is 0 Å². The van der Waals surface area contributed by atoms with Gasteiger partial charge in [-0.25, -0.2) is 10.1 Å². The third-order valence-electron chi connectivity index (χ3n) is 4.06. The molecule has 0 aliphatic heterocycles. The van der Waals surface area contributed by atoms with E-state index in [4.69, 9.17) is 0 Å². The summed E-state index contributed by atoms with van der Waals surface area (Å²) in [4.78, 5) is 17.0. The Morgan fingerprint density at radius 1 is 1.20 bits per heavy atom. The number of hydrogen-bond donors (Lipinski definition) is 2. The van der Waals surface area contributed by atoms with Crippen LogP contribution in [-0.4, -0.2) is 30.7 Å². The quantitative estimate of drug-likeness (QED) is 0.551. The van der Waals surface area contributed by atoms with Gasteiger partial charge >= 0.3 is 0 Å². The minimum atomic E-state index is -0.299. The number of benzene rings is 2. The zero-order valence-electron chi connectivity index (χ0n) is 13.9. The van der Waals surface area contributed by atoms with E-state index in [0.29, 0.717) is 5.78 Å². The highest BCUT2D eigenvalue weighted by Gasteiger charge is 2.20. The van der Waals surface area contributed by atoms with Crippen molar-refractivity contribution in [3.8, 4) is 0 Å². The maximum Gasteiger partial charge on any atom is 0.237 e. The van der Waals surface area contributed by atoms with Crippen molar-refractivity contribution in [3.63, 3.8) is 0 Å². The molecule has 4 aromatic rings. The summed E-state index contributed by atoms with van der Waals surface area (Å²) in [5.74, 6) is 0.620. The Kier molecular flexibility index (Phi) is 3.93. The molecule has 25 heavy (non-hydrogen) atoms. The predicted molar refractivity (Wildman–Crippen MR) is 100.0 cm³/mol. The second kappa shape index (κ2) is 6.25. The number of aryl methyl sites for hydroxylation is 1. The molecule has 2 aromatic heterocycles. The summed E-state index contributed by atoms with van der Waals surface area (Å²) >= 11 is 1.40. The fourth-order valence-electron chi connectivity index (χ4n) is 2.68. The van der Waals surface area contributed by atoms with Crippen LogP contribution in [0.1, 0.15) is 12.5 Å². The number of fused-ring (bicyclic) bond motifs is 3. The first-order valence-corrected chi connectivity index (χ1v) is 8.86. The highest BCUT2D eigenvalue weighted by Crippen LogP contribution is 2.26. The molecule has 0 fully saturated rings. The van der Waals surface area contributed by atoms with Crippen LogP contribution in [0.25, 0.3) is 16.8 Å². The molecule has 6 nitrogen and oxygen atoms in total. The number of aromatic nitrogens is 4. The number of nitrogens with zero attached hydrogens (tertiary/aromatic N) is 3. The van der Waals surface area contributed by atoms with Gasteiger partial charge in [0, 0.05) is 5.69 Å². The van der Waals surface area contributed by atoms with Gasteiger partial charge in [-0.2, -0.15) is 0 Å². The number of para-hydroxylation sites is 3. The van der Waals surface area contributed by atoms with Gasteiger partial charge in [-0.1, -0.05) is 42.1 Å². The van der Waals surface area contributed by atoms with Crippen molar-refractivity contribution in [2.45, 2.75) is 24.3 Å². The first kappa shape index (κ1) is 15.7. The van der Waals surface area contributed by atoms with Crippen molar-refractivity contribution in [1.82, 2.24) is 19.6 Å². The second-order valence-corrected chi connectivity index (χ2v) is 7.14. The van der Waals surface area contributed by atoms with Crippen LogP contribution >= 0.6 is 11.8 Å². The number of thioether (sulfide) groups is 1. The average molecular weight is 351 g/mol. The Labute approximate surface area is 148 Å². The summed E-state index contributed by atoms with van der Waals surface area (Å²) in [6.45, 7) is 3.85. The summed E-state index contributed by atoms with van der Waals surface area (Å²) in [5, 5.41) is 10.6. The van der Waals surface area contributed by atoms with Gasteiger partial charge < -0.3 is 5.32 Å². The van der Waals surface area contributed by atoms with Gasteiger partial charge in [0.2, 0.25) is 11.7 Å². The molecule has 0 saturated heterocycles. The first-order valence-electron chi connectivity index (χ1n) is 7.98. The van der Waals surface area contributed by atoms with Gasteiger partial charge in [-0.15, -0.1) is 5.10 Å². The van der Waals surface area contributed by atoms with E-state index >= 15 is 0 Å². The summed E-state index contributed by atoms with van der Waals surface area (Å²) in [5.41, 5.74) is 3.74. The lowest BCUT2D eigenvalue weighted by molar-refractivity contribution is -0.115. The number of amides is 1. The summed E-state index contributed by atoms with van der Waals surface area (Å²) in [6.07, 6.45) is 0. The number of carbonyl (C=O) groups is 1.